The summed E-state index contributed by atoms with van der Waals surface area (Å²) in [6.45, 7) is 2.11. The van der Waals surface area contributed by atoms with Crippen molar-refractivity contribution in [3.8, 4) is 0 Å². The van der Waals surface area contributed by atoms with Crippen LogP contribution in [0.1, 0.15) is 16.1 Å². The van der Waals surface area contributed by atoms with E-state index >= 15 is 0 Å². The van der Waals surface area contributed by atoms with E-state index in [2.05, 4.69) is 0 Å². The molecule has 1 aromatic heterocycles. The molecule has 1 aliphatic heterocycles. The Labute approximate surface area is 126 Å². The third kappa shape index (κ3) is 2.26. The van der Waals surface area contributed by atoms with Crippen LogP contribution < -0.4 is 11.5 Å². The number of likely N-dealkylation sites (tertiary alicyclic amines) is 1. The summed E-state index contributed by atoms with van der Waals surface area (Å²) in [5.74, 6) is 0.416. The van der Waals surface area contributed by atoms with Crippen LogP contribution in [0.25, 0.3) is 10.1 Å². The molecule has 2 aromatic rings. The molecule has 2 heterocycles. The third-order valence-corrected chi connectivity index (χ3v) is 5.18. The highest BCUT2D eigenvalue weighted by molar-refractivity contribution is 7.21. The van der Waals surface area contributed by atoms with Crippen LogP contribution in [-0.2, 0) is 0 Å². The second-order valence-corrected chi connectivity index (χ2v) is 6.62. The number of thiophene rings is 1. The number of amides is 1. The van der Waals surface area contributed by atoms with Gasteiger partial charge in [-0.3, -0.25) is 4.79 Å². The predicted molar refractivity (Wildman–Crippen MR) is 84.3 cm³/mol. The Hall–Kier alpha value is -1.30. The second-order valence-electron chi connectivity index (χ2n) is 5.13. The van der Waals surface area contributed by atoms with Crippen molar-refractivity contribution in [2.45, 2.75) is 6.42 Å². The van der Waals surface area contributed by atoms with Crippen molar-refractivity contribution in [2.24, 2.45) is 11.7 Å². The first kappa shape index (κ1) is 13.7. The number of benzene rings is 1. The zero-order valence-electron chi connectivity index (χ0n) is 10.9. The Morgan fingerprint density at radius 2 is 2.30 bits per heavy atom. The van der Waals surface area contributed by atoms with Crippen LogP contribution in [0.4, 0.5) is 5.69 Å². The van der Waals surface area contributed by atoms with E-state index in [0.29, 0.717) is 28.0 Å². The maximum Gasteiger partial charge on any atom is 0.266 e. The lowest BCUT2D eigenvalue weighted by Crippen LogP contribution is -2.29. The molecule has 1 amide bonds. The van der Waals surface area contributed by atoms with Gasteiger partial charge in [0.15, 0.2) is 0 Å². The molecule has 3 rings (SSSR count). The molecule has 106 valence electrons. The molecular formula is C14H16ClN3OS. The van der Waals surface area contributed by atoms with Crippen LogP contribution in [-0.4, -0.2) is 30.4 Å². The van der Waals surface area contributed by atoms with Crippen LogP contribution in [0.15, 0.2) is 18.2 Å². The van der Waals surface area contributed by atoms with Gasteiger partial charge < -0.3 is 16.4 Å². The van der Waals surface area contributed by atoms with Gasteiger partial charge in [0, 0.05) is 28.2 Å². The summed E-state index contributed by atoms with van der Waals surface area (Å²) in [6, 6.07) is 5.51. The standard InChI is InChI=1S/C14H16ClN3OS/c15-9-1-2-10-11(5-9)20-13(12(10)17)14(19)18-4-3-8(6-16)7-18/h1-2,5,8H,3-4,6-7,16-17H2. The van der Waals surface area contributed by atoms with Crippen molar-refractivity contribution in [1.29, 1.82) is 0 Å². The minimum atomic E-state index is 0.00997. The largest absolute Gasteiger partial charge is 0.397 e. The zero-order valence-corrected chi connectivity index (χ0v) is 12.5. The van der Waals surface area contributed by atoms with Crippen LogP contribution in [0, 0.1) is 5.92 Å². The first-order valence-electron chi connectivity index (χ1n) is 6.57. The van der Waals surface area contributed by atoms with Gasteiger partial charge in [0.2, 0.25) is 0 Å². The van der Waals surface area contributed by atoms with E-state index in [1.807, 2.05) is 17.0 Å². The molecule has 1 saturated heterocycles. The van der Waals surface area contributed by atoms with Gasteiger partial charge >= 0.3 is 0 Å². The summed E-state index contributed by atoms with van der Waals surface area (Å²) in [4.78, 5) is 15.0. The van der Waals surface area contributed by atoms with Crippen LogP contribution in [0.3, 0.4) is 0 Å². The number of hydrogen-bond acceptors (Lipinski definition) is 4. The summed E-state index contributed by atoms with van der Waals surface area (Å²) in [5.41, 5.74) is 12.3. The number of carbonyl (C=O) groups excluding carboxylic acids is 1. The number of anilines is 1. The number of carbonyl (C=O) groups is 1. The van der Waals surface area contributed by atoms with Gasteiger partial charge in [0.05, 0.1) is 5.69 Å². The summed E-state index contributed by atoms with van der Waals surface area (Å²) >= 11 is 7.39. The van der Waals surface area contributed by atoms with Crippen LogP contribution >= 0.6 is 22.9 Å². The molecular weight excluding hydrogens is 294 g/mol. The molecule has 4 nitrogen and oxygen atoms in total. The topological polar surface area (TPSA) is 72.3 Å². The van der Waals surface area contributed by atoms with Gasteiger partial charge in [0.1, 0.15) is 4.88 Å². The fourth-order valence-electron chi connectivity index (χ4n) is 2.60. The first-order valence-corrected chi connectivity index (χ1v) is 7.76. The van der Waals surface area contributed by atoms with E-state index < -0.39 is 0 Å². The highest BCUT2D eigenvalue weighted by Gasteiger charge is 2.28. The molecule has 0 bridgehead atoms. The molecule has 0 radical (unpaired) electrons. The molecule has 1 atom stereocenters. The fraction of sp³-hybridized carbons (Fsp3) is 0.357. The summed E-state index contributed by atoms with van der Waals surface area (Å²) in [6.07, 6.45) is 0.971. The predicted octanol–water partition coefficient (Wildman–Crippen LogP) is 2.56. The number of nitrogen functional groups attached to an aromatic ring is 1. The smallest absolute Gasteiger partial charge is 0.266 e. The normalized spacial score (nSPS) is 18.9. The van der Waals surface area contributed by atoms with Gasteiger partial charge in [-0.1, -0.05) is 11.6 Å². The maximum absolute atomic E-state index is 12.6. The molecule has 1 unspecified atom stereocenters. The van der Waals surface area contributed by atoms with Crippen molar-refractivity contribution in [3.05, 3.63) is 28.1 Å². The Kier molecular flexibility index (Phi) is 3.58. The lowest BCUT2D eigenvalue weighted by atomic mass is 10.1. The van der Waals surface area contributed by atoms with Crippen molar-refractivity contribution >= 4 is 44.6 Å². The van der Waals surface area contributed by atoms with Crippen molar-refractivity contribution in [3.63, 3.8) is 0 Å². The average molecular weight is 310 g/mol. The monoisotopic (exact) mass is 309 g/mol. The highest BCUT2D eigenvalue weighted by Crippen LogP contribution is 2.36. The zero-order chi connectivity index (χ0) is 14.3. The van der Waals surface area contributed by atoms with Gasteiger partial charge in [-0.15, -0.1) is 11.3 Å². The minimum Gasteiger partial charge on any atom is -0.397 e. The van der Waals surface area contributed by atoms with E-state index in [-0.39, 0.29) is 5.91 Å². The maximum atomic E-state index is 12.6. The van der Waals surface area contributed by atoms with Crippen LogP contribution in [0.2, 0.25) is 5.02 Å². The Balaban J connectivity index is 1.94. The highest BCUT2D eigenvalue weighted by atomic mass is 35.5. The van der Waals surface area contributed by atoms with Crippen molar-refractivity contribution in [2.75, 3.05) is 25.4 Å². The molecule has 6 heteroatoms. The second kappa shape index (κ2) is 5.24. The fourth-order valence-corrected chi connectivity index (χ4v) is 3.97. The lowest BCUT2D eigenvalue weighted by Gasteiger charge is -2.15. The molecule has 1 aliphatic rings. The Morgan fingerprint density at radius 1 is 1.50 bits per heavy atom. The molecule has 0 saturated carbocycles. The molecule has 20 heavy (non-hydrogen) atoms. The summed E-state index contributed by atoms with van der Waals surface area (Å²) < 4.78 is 0.952. The van der Waals surface area contributed by atoms with E-state index in [1.54, 1.807) is 6.07 Å². The number of hydrogen-bond donors (Lipinski definition) is 2. The first-order chi connectivity index (χ1) is 9.60. The number of nitrogens with zero attached hydrogens (tertiary/aromatic N) is 1. The number of nitrogens with two attached hydrogens (primary N) is 2. The van der Waals surface area contributed by atoms with E-state index in [1.165, 1.54) is 11.3 Å². The van der Waals surface area contributed by atoms with E-state index in [0.717, 1.165) is 29.6 Å². The molecule has 1 aromatic carbocycles. The average Bonchev–Trinajstić information content (AvgIpc) is 3.03. The van der Waals surface area contributed by atoms with Gasteiger partial charge in [0.25, 0.3) is 5.91 Å². The van der Waals surface area contributed by atoms with Crippen molar-refractivity contribution in [1.82, 2.24) is 4.90 Å². The molecule has 1 fully saturated rings. The Bertz CT molecular complexity index is 670. The quantitative estimate of drug-likeness (QED) is 0.895. The summed E-state index contributed by atoms with van der Waals surface area (Å²) in [7, 11) is 0. The lowest BCUT2D eigenvalue weighted by molar-refractivity contribution is 0.0793. The van der Waals surface area contributed by atoms with E-state index in [9.17, 15) is 4.79 Å². The minimum absolute atomic E-state index is 0.00997. The SMILES string of the molecule is NCC1CCN(C(=O)c2sc3cc(Cl)ccc3c2N)C1. The Morgan fingerprint density at radius 3 is 3.00 bits per heavy atom. The van der Waals surface area contributed by atoms with E-state index in [4.69, 9.17) is 23.1 Å². The third-order valence-electron chi connectivity index (χ3n) is 3.79. The summed E-state index contributed by atoms with van der Waals surface area (Å²) in [5, 5.41) is 1.56. The number of fused-ring (bicyclic) bond motifs is 1. The van der Waals surface area contributed by atoms with Gasteiger partial charge in [-0.25, -0.2) is 0 Å². The molecule has 0 spiro atoms. The van der Waals surface area contributed by atoms with Gasteiger partial charge in [-0.05, 0) is 37.1 Å². The van der Waals surface area contributed by atoms with Crippen molar-refractivity contribution < 1.29 is 4.79 Å². The molecule has 4 N–H and O–H groups in total. The van der Waals surface area contributed by atoms with Crippen LogP contribution in [0.5, 0.6) is 0 Å². The molecule has 0 aliphatic carbocycles. The number of rotatable bonds is 2. The van der Waals surface area contributed by atoms with Gasteiger partial charge in [-0.2, -0.15) is 0 Å². The number of halogens is 1.